The van der Waals surface area contributed by atoms with Gasteiger partial charge in [0.1, 0.15) is 0 Å². The number of piperidine rings is 1. The number of nitrogens with zero attached hydrogens (tertiary/aromatic N) is 2. The lowest BCUT2D eigenvalue weighted by Crippen LogP contribution is -2.41. The molecule has 1 aromatic rings. The van der Waals surface area contributed by atoms with Crippen molar-refractivity contribution >= 4 is 5.95 Å². The minimum absolute atomic E-state index is 0.791. The smallest absolute Gasteiger partial charge is 0.202 e. The summed E-state index contributed by atoms with van der Waals surface area (Å²) in [6.07, 6.45) is 9.09. The number of anilines is 1. The third kappa shape index (κ3) is 1.94. The van der Waals surface area contributed by atoms with Crippen molar-refractivity contribution in [3.05, 3.63) is 12.4 Å². The lowest BCUT2D eigenvalue weighted by atomic mass is 9.89. The van der Waals surface area contributed by atoms with Crippen molar-refractivity contribution in [1.29, 1.82) is 0 Å². The highest BCUT2D eigenvalue weighted by Gasteiger charge is 2.28. The summed E-state index contributed by atoms with van der Waals surface area (Å²) >= 11 is 0. The number of rotatable bonds is 2. The Hall–Kier alpha value is -1.03. The largest absolute Gasteiger partial charge is 0.342 e. The molecule has 0 aromatic carbocycles. The number of H-pyrrole nitrogens is 1. The molecule has 3 heterocycles. The van der Waals surface area contributed by atoms with Crippen LogP contribution in [0.4, 0.5) is 5.95 Å². The molecule has 16 heavy (non-hydrogen) atoms. The van der Waals surface area contributed by atoms with Gasteiger partial charge in [0.05, 0.1) is 0 Å². The molecule has 0 radical (unpaired) electrons. The number of nitrogens with one attached hydrogen (secondary N) is 2. The summed E-state index contributed by atoms with van der Waals surface area (Å²) < 4.78 is 0. The lowest BCUT2D eigenvalue weighted by Gasteiger charge is -2.34. The molecule has 3 rings (SSSR count). The van der Waals surface area contributed by atoms with E-state index in [2.05, 4.69) is 20.2 Å². The van der Waals surface area contributed by atoms with Gasteiger partial charge in [-0.3, -0.25) is 0 Å². The molecule has 2 saturated heterocycles. The fourth-order valence-electron chi connectivity index (χ4n) is 3.06. The summed E-state index contributed by atoms with van der Waals surface area (Å²) in [6.45, 7) is 3.52. The standard InChI is InChI=1S/C12H20N4/c1-2-11(13-5-1)10-3-8-16(9-4-10)12-14-6-7-15-12/h6-7,10-11,13H,1-5,8-9H2,(H,14,15). The van der Waals surface area contributed by atoms with Crippen LogP contribution < -0.4 is 10.2 Å². The van der Waals surface area contributed by atoms with Gasteiger partial charge in [0, 0.05) is 31.5 Å². The monoisotopic (exact) mass is 220 g/mol. The molecule has 2 fully saturated rings. The highest BCUT2D eigenvalue weighted by molar-refractivity contribution is 5.29. The van der Waals surface area contributed by atoms with E-state index in [4.69, 9.17) is 0 Å². The number of aromatic nitrogens is 2. The zero-order chi connectivity index (χ0) is 10.8. The molecule has 1 aromatic heterocycles. The Morgan fingerprint density at radius 2 is 2.12 bits per heavy atom. The quantitative estimate of drug-likeness (QED) is 0.791. The highest BCUT2D eigenvalue weighted by atomic mass is 15.3. The summed E-state index contributed by atoms with van der Waals surface area (Å²) in [4.78, 5) is 9.87. The molecule has 2 aliphatic rings. The first-order valence-corrected chi connectivity index (χ1v) is 6.41. The maximum absolute atomic E-state index is 4.32. The van der Waals surface area contributed by atoms with E-state index in [0.29, 0.717) is 0 Å². The molecule has 4 heteroatoms. The Morgan fingerprint density at radius 3 is 2.75 bits per heavy atom. The van der Waals surface area contributed by atoms with Crippen LogP contribution in [0.5, 0.6) is 0 Å². The molecule has 4 nitrogen and oxygen atoms in total. The van der Waals surface area contributed by atoms with Crippen LogP contribution in [0.3, 0.4) is 0 Å². The molecule has 1 unspecified atom stereocenters. The summed E-state index contributed by atoms with van der Waals surface area (Å²) in [7, 11) is 0. The van der Waals surface area contributed by atoms with Crippen molar-refractivity contribution in [3.63, 3.8) is 0 Å². The van der Waals surface area contributed by atoms with Gasteiger partial charge in [-0.05, 0) is 38.1 Å². The molecule has 0 amide bonds. The second kappa shape index (κ2) is 4.45. The van der Waals surface area contributed by atoms with Gasteiger partial charge in [0.25, 0.3) is 0 Å². The number of imidazole rings is 1. The van der Waals surface area contributed by atoms with Crippen LogP contribution >= 0.6 is 0 Å². The normalized spacial score (nSPS) is 27.5. The fraction of sp³-hybridized carbons (Fsp3) is 0.750. The van der Waals surface area contributed by atoms with Gasteiger partial charge in [-0.2, -0.15) is 0 Å². The van der Waals surface area contributed by atoms with Gasteiger partial charge in [-0.15, -0.1) is 0 Å². The number of hydrogen-bond donors (Lipinski definition) is 2. The maximum atomic E-state index is 4.32. The highest BCUT2D eigenvalue weighted by Crippen LogP contribution is 2.26. The fourth-order valence-corrected chi connectivity index (χ4v) is 3.06. The van der Waals surface area contributed by atoms with E-state index in [1.165, 1.54) is 32.2 Å². The zero-order valence-electron chi connectivity index (χ0n) is 9.65. The predicted molar refractivity (Wildman–Crippen MR) is 64.5 cm³/mol. The Bertz CT molecular complexity index is 308. The molecule has 1 atom stereocenters. The SMILES string of the molecule is c1c[nH]c(N2CCC(C3CCCN3)CC2)n1. The van der Waals surface area contributed by atoms with Crippen LogP contribution in [0.1, 0.15) is 25.7 Å². The lowest BCUT2D eigenvalue weighted by molar-refractivity contribution is 0.318. The van der Waals surface area contributed by atoms with Crippen LogP contribution in [-0.4, -0.2) is 35.6 Å². The molecule has 2 aliphatic heterocycles. The van der Waals surface area contributed by atoms with Gasteiger partial charge in [-0.1, -0.05) is 0 Å². The van der Waals surface area contributed by atoms with Crippen molar-refractivity contribution in [1.82, 2.24) is 15.3 Å². The Balaban J connectivity index is 1.55. The van der Waals surface area contributed by atoms with Crippen molar-refractivity contribution in [3.8, 4) is 0 Å². The van der Waals surface area contributed by atoms with Gasteiger partial charge in [0.15, 0.2) is 0 Å². The number of hydrogen-bond acceptors (Lipinski definition) is 3. The molecule has 0 spiro atoms. The molecule has 88 valence electrons. The van der Waals surface area contributed by atoms with Gasteiger partial charge in [0.2, 0.25) is 5.95 Å². The number of aromatic amines is 1. The van der Waals surface area contributed by atoms with Crippen molar-refractivity contribution in [2.75, 3.05) is 24.5 Å². The summed E-state index contributed by atoms with van der Waals surface area (Å²) in [6, 6.07) is 0.791. The molecular formula is C12H20N4. The zero-order valence-corrected chi connectivity index (χ0v) is 9.65. The van der Waals surface area contributed by atoms with Gasteiger partial charge < -0.3 is 15.2 Å². The van der Waals surface area contributed by atoms with Crippen LogP contribution in [0, 0.1) is 5.92 Å². The second-order valence-electron chi connectivity index (χ2n) is 4.94. The summed E-state index contributed by atoms with van der Waals surface area (Å²) in [5.41, 5.74) is 0. The maximum Gasteiger partial charge on any atom is 0.202 e. The first kappa shape index (κ1) is 10.1. The first-order chi connectivity index (χ1) is 7.93. The van der Waals surface area contributed by atoms with E-state index in [-0.39, 0.29) is 0 Å². The van der Waals surface area contributed by atoms with E-state index in [1.54, 1.807) is 0 Å². The van der Waals surface area contributed by atoms with E-state index >= 15 is 0 Å². The first-order valence-electron chi connectivity index (χ1n) is 6.41. The average molecular weight is 220 g/mol. The van der Waals surface area contributed by atoms with Crippen LogP contribution in [0.2, 0.25) is 0 Å². The Labute approximate surface area is 96.4 Å². The predicted octanol–water partition coefficient (Wildman–Crippen LogP) is 1.38. The molecule has 0 saturated carbocycles. The summed E-state index contributed by atoms with van der Waals surface area (Å²) in [5, 5.41) is 3.63. The van der Waals surface area contributed by atoms with E-state index in [9.17, 15) is 0 Å². The minimum atomic E-state index is 0.791. The van der Waals surface area contributed by atoms with Gasteiger partial charge >= 0.3 is 0 Å². The van der Waals surface area contributed by atoms with Crippen molar-refractivity contribution in [2.45, 2.75) is 31.7 Å². The van der Waals surface area contributed by atoms with Crippen LogP contribution in [-0.2, 0) is 0 Å². The van der Waals surface area contributed by atoms with E-state index in [0.717, 1.165) is 31.0 Å². The van der Waals surface area contributed by atoms with Crippen molar-refractivity contribution < 1.29 is 0 Å². The van der Waals surface area contributed by atoms with Gasteiger partial charge in [-0.25, -0.2) is 4.98 Å². The third-order valence-corrected chi connectivity index (χ3v) is 3.99. The second-order valence-corrected chi connectivity index (χ2v) is 4.94. The van der Waals surface area contributed by atoms with E-state index < -0.39 is 0 Å². The molecular weight excluding hydrogens is 200 g/mol. The Kier molecular flexibility index (Phi) is 2.82. The average Bonchev–Trinajstić information content (AvgIpc) is 3.03. The topological polar surface area (TPSA) is 44.0 Å². The minimum Gasteiger partial charge on any atom is -0.342 e. The summed E-state index contributed by atoms with van der Waals surface area (Å²) in [5.74, 6) is 1.92. The Morgan fingerprint density at radius 1 is 1.25 bits per heavy atom. The third-order valence-electron chi connectivity index (χ3n) is 3.99. The van der Waals surface area contributed by atoms with Crippen LogP contribution in [0.15, 0.2) is 12.4 Å². The molecule has 0 bridgehead atoms. The van der Waals surface area contributed by atoms with Crippen molar-refractivity contribution in [2.24, 2.45) is 5.92 Å². The molecule has 0 aliphatic carbocycles. The van der Waals surface area contributed by atoms with E-state index in [1.807, 2.05) is 12.4 Å². The molecule has 2 N–H and O–H groups in total. The van der Waals surface area contributed by atoms with Crippen LogP contribution in [0.25, 0.3) is 0 Å².